The minimum Gasteiger partial charge on any atom is -0.465 e. The summed E-state index contributed by atoms with van der Waals surface area (Å²) >= 11 is 0. The fourth-order valence-electron chi connectivity index (χ4n) is 6.02. The number of nitrogens with zero attached hydrogens (tertiary/aromatic N) is 2. The Morgan fingerprint density at radius 1 is 1.11 bits per heavy atom. The van der Waals surface area contributed by atoms with Crippen LogP contribution in [-0.2, 0) is 23.9 Å². The minimum atomic E-state index is -1.35. The van der Waals surface area contributed by atoms with Crippen LogP contribution in [0.3, 0.4) is 0 Å². The number of carbonyl (C=O) groups excluding carboxylic acids is 3. The second-order valence-electron chi connectivity index (χ2n) is 10.6. The average Bonchev–Trinajstić information content (AvgIpc) is 3.18. The first-order chi connectivity index (χ1) is 16.7. The predicted octanol–water partition coefficient (Wildman–Crippen LogP) is 2.00. The number of fused-ring (bicyclic) bond motifs is 2. The summed E-state index contributed by atoms with van der Waals surface area (Å²) in [6.45, 7) is 6.04. The minimum absolute atomic E-state index is 0.232. The zero-order valence-electron chi connectivity index (χ0n) is 20.3. The van der Waals surface area contributed by atoms with E-state index in [2.05, 4.69) is 0 Å². The average molecular weight is 481 g/mol. The van der Waals surface area contributed by atoms with Gasteiger partial charge in [0.05, 0.1) is 31.3 Å². The lowest BCUT2D eigenvalue weighted by atomic mass is 9.77. The Bertz CT molecular complexity index is 1080. The number of hydrogen-bond acceptors (Lipinski definition) is 6. The molecular weight excluding hydrogens is 448 g/mol. The van der Waals surface area contributed by atoms with Gasteiger partial charge in [0.1, 0.15) is 17.6 Å². The summed E-state index contributed by atoms with van der Waals surface area (Å²) < 4.78 is 12.0. The van der Waals surface area contributed by atoms with E-state index in [-0.39, 0.29) is 25.0 Å². The van der Waals surface area contributed by atoms with E-state index >= 15 is 0 Å². The lowest BCUT2D eigenvalue weighted by molar-refractivity contribution is -0.157. The largest absolute Gasteiger partial charge is 0.465 e. The van der Waals surface area contributed by atoms with Crippen molar-refractivity contribution in [1.29, 1.82) is 0 Å². The highest BCUT2D eigenvalue weighted by molar-refractivity contribution is 5.99. The maximum absolute atomic E-state index is 14.2. The number of aliphatic hydroxyl groups is 1. The van der Waals surface area contributed by atoms with Gasteiger partial charge in [-0.1, -0.05) is 54.6 Å². The monoisotopic (exact) mass is 480 g/mol. The van der Waals surface area contributed by atoms with Gasteiger partial charge < -0.3 is 24.4 Å². The van der Waals surface area contributed by atoms with E-state index in [0.717, 1.165) is 0 Å². The highest BCUT2D eigenvalue weighted by Gasteiger charge is 2.72. The first kappa shape index (κ1) is 23.8. The van der Waals surface area contributed by atoms with Gasteiger partial charge in [0.25, 0.3) is 0 Å². The van der Waals surface area contributed by atoms with E-state index < -0.39 is 47.1 Å². The van der Waals surface area contributed by atoms with E-state index in [1.54, 1.807) is 11.0 Å². The molecule has 1 aromatic rings. The normalized spacial score (nSPS) is 33.4. The molecule has 0 bridgehead atoms. The van der Waals surface area contributed by atoms with Gasteiger partial charge in [0.2, 0.25) is 11.8 Å². The predicted molar refractivity (Wildman–Crippen MR) is 127 cm³/mol. The molecule has 4 heterocycles. The Labute approximate surface area is 205 Å². The molecule has 0 saturated carbocycles. The molecule has 35 heavy (non-hydrogen) atoms. The van der Waals surface area contributed by atoms with Gasteiger partial charge in [-0.05, 0) is 32.8 Å². The third-order valence-electron chi connectivity index (χ3n) is 7.56. The second-order valence-corrected chi connectivity index (χ2v) is 10.6. The van der Waals surface area contributed by atoms with E-state index in [1.807, 2.05) is 69.3 Å². The first-order valence-electron chi connectivity index (χ1n) is 12.2. The molecule has 8 heteroatoms. The number of esters is 1. The van der Waals surface area contributed by atoms with E-state index in [4.69, 9.17) is 9.47 Å². The Morgan fingerprint density at radius 2 is 1.86 bits per heavy atom. The van der Waals surface area contributed by atoms with Gasteiger partial charge in [-0.15, -0.1) is 0 Å². The number of ether oxygens (including phenoxy) is 2. The van der Waals surface area contributed by atoms with Crippen LogP contribution in [0.1, 0.15) is 38.8 Å². The number of hydrogen-bond donors (Lipinski definition) is 1. The van der Waals surface area contributed by atoms with Gasteiger partial charge in [0, 0.05) is 12.1 Å². The molecule has 2 amide bonds. The van der Waals surface area contributed by atoms with Crippen molar-refractivity contribution < 1.29 is 29.0 Å². The number of cyclic esters (lactones) is 1. The second kappa shape index (κ2) is 8.60. The number of amides is 2. The summed E-state index contributed by atoms with van der Waals surface area (Å²) in [7, 11) is 0. The molecule has 8 nitrogen and oxygen atoms in total. The summed E-state index contributed by atoms with van der Waals surface area (Å²) in [6.07, 6.45) is 7.26. The van der Waals surface area contributed by atoms with Crippen LogP contribution in [-0.4, -0.2) is 75.7 Å². The maximum atomic E-state index is 14.2. The van der Waals surface area contributed by atoms with Crippen LogP contribution < -0.4 is 0 Å². The molecule has 186 valence electrons. The molecule has 1 unspecified atom stereocenters. The zero-order chi connectivity index (χ0) is 25.0. The Hall–Kier alpha value is -2.97. The SMILES string of the molecule is CC(C)(C)N1CC=C[C@]23O[C@H]4C=CCCOC(=O)[C@H]4[C@H]2C(=O)N([C@H](CO)c2ccccc2)C3C1=O. The summed E-state index contributed by atoms with van der Waals surface area (Å²) in [5.74, 6) is -2.96. The van der Waals surface area contributed by atoms with Gasteiger partial charge in [-0.3, -0.25) is 14.4 Å². The van der Waals surface area contributed by atoms with Crippen molar-refractivity contribution in [1.82, 2.24) is 9.80 Å². The number of rotatable bonds is 3. The maximum Gasteiger partial charge on any atom is 0.312 e. The molecular formula is C27H32N2O6. The van der Waals surface area contributed by atoms with E-state index in [1.165, 1.54) is 4.90 Å². The number of benzene rings is 1. The number of aliphatic hydroxyl groups excluding tert-OH is 1. The van der Waals surface area contributed by atoms with Gasteiger partial charge >= 0.3 is 5.97 Å². The first-order valence-corrected chi connectivity index (χ1v) is 12.2. The molecule has 0 aromatic heterocycles. The molecule has 1 N–H and O–H groups in total. The van der Waals surface area contributed by atoms with Crippen molar-refractivity contribution in [3.63, 3.8) is 0 Å². The quantitative estimate of drug-likeness (QED) is 0.525. The van der Waals surface area contributed by atoms with Crippen molar-refractivity contribution in [3.05, 3.63) is 60.2 Å². The third-order valence-corrected chi connectivity index (χ3v) is 7.56. The molecule has 0 radical (unpaired) electrons. The fraction of sp³-hybridized carbons (Fsp3) is 0.519. The molecule has 1 spiro atoms. The molecule has 6 atom stereocenters. The molecule has 0 aliphatic carbocycles. The van der Waals surface area contributed by atoms with Crippen LogP contribution in [0.2, 0.25) is 0 Å². The van der Waals surface area contributed by atoms with Gasteiger partial charge in [0.15, 0.2) is 0 Å². The fourth-order valence-corrected chi connectivity index (χ4v) is 6.02. The van der Waals surface area contributed by atoms with E-state index in [9.17, 15) is 19.5 Å². The highest BCUT2D eigenvalue weighted by Crippen LogP contribution is 2.55. The van der Waals surface area contributed by atoms with Crippen LogP contribution in [0.15, 0.2) is 54.6 Å². The zero-order valence-corrected chi connectivity index (χ0v) is 20.3. The molecule has 2 saturated heterocycles. The molecule has 4 aliphatic rings. The van der Waals surface area contributed by atoms with Crippen molar-refractivity contribution >= 4 is 17.8 Å². The molecule has 4 aliphatic heterocycles. The molecule has 2 fully saturated rings. The summed E-state index contributed by atoms with van der Waals surface area (Å²) in [4.78, 5) is 44.8. The van der Waals surface area contributed by atoms with Crippen LogP contribution in [0.25, 0.3) is 0 Å². The molecule has 5 rings (SSSR count). The number of carbonyl (C=O) groups is 3. The Balaban J connectivity index is 1.69. The van der Waals surface area contributed by atoms with Crippen LogP contribution in [0.4, 0.5) is 0 Å². The van der Waals surface area contributed by atoms with Crippen molar-refractivity contribution in [2.24, 2.45) is 11.8 Å². The van der Waals surface area contributed by atoms with Crippen molar-refractivity contribution in [3.8, 4) is 0 Å². The highest BCUT2D eigenvalue weighted by atomic mass is 16.6. The standard InChI is InChI=1S/C27H32N2O6/c1-26(2,3)28-14-9-13-27-21(20-19(35-27)12-7-8-15-34-25(20)33)23(31)29(22(27)24(28)32)18(16-30)17-10-5-4-6-11-17/h4-7,9-13,18-22,30H,8,14-16H2,1-3H3/t18-,19+,20-,21+,22?,27+/m1/s1. The molecule has 1 aromatic carbocycles. The van der Waals surface area contributed by atoms with Crippen LogP contribution >= 0.6 is 0 Å². The number of likely N-dealkylation sites (tertiary alicyclic amines) is 1. The summed E-state index contributed by atoms with van der Waals surface area (Å²) in [5, 5.41) is 10.5. The van der Waals surface area contributed by atoms with Gasteiger partial charge in [-0.25, -0.2) is 0 Å². The van der Waals surface area contributed by atoms with E-state index in [0.29, 0.717) is 18.5 Å². The topological polar surface area (TPSA) is 96.4 Å². The smallest absolute Gasteiger partial charge is 0.312 e. The van der Waals surface area contributed by atoms with Crippen LogP contribution in [0.5, 0.6) is 0 Å². The summed E-state index contributed by atoms with van der Waals surface area (Å²) in [5.41, 5.74) is -1.15. The van der Waals surface area contributed by atoms with Crippen molar-refractivity contribution in [2.45, 2.75) is 56.5 Å². The van der Waals surface area contributed by atoms with Crippen LogP contribution in [0, 0.1) is 11.8 Å². The summed E-state index contributed by atoms with van der Waals surface area (Å²) in [6, 6.07) is 7.35. The lowest BCUT2D eigenvalue weighted by Crippen LogP contribution is -2.59. The Morgan fingerprint density at radius 3 is 2.54 bits per heavy atom. The van der Waals surface area contributed by atoms with Gasteiger partial charge in [-0.2, -0.15) is 0 Å². The lowest BCUT2D eigenvalue weighted by Gasteiger charge is -2.42. The third kappa shape index (κ3) is 3.62. The van der Waals surface area contributed by atoms with Crippen molar-refractivity contribution in [2.75, 3.05) is 19.8 Å². The Kier molecular flexibility index (Phi) is 5.84.